The molecule has 0 bridgehead atoms. The maximum absolute atomic E-state index is 12.9. The zero-order chi connectivity index (χ0) is 14.5. The minimum Gasteiger partial charge on any atom is -0.493 e. The van der Waals surface area contributed by atoms with Crippen molar-refractivity contribution in [1.82, 2.24) is 9.29 Å². The molecule has 112 valence electrons. The van der Waals surface area contributed by atoms with Crippen molar-refractivity contribution in [3.05, 3.63) is 5.38 Å². The molecule has 2 aliphatic rings. The molecule has 1 saturated carbocycles. The maximum Gasteiger partial charge on any atom is 0.267 e. The van der Waals surface area contributed by atoms with Crippen LogP contribution in [0.5, 0.6) is 5.88 Å². The van der Waals surface area contributed by atoms with E-state index in [1.165, 1.54) is 16.7 Å². The molecule has 1 saturated heterocycles. The van der Waals surface area contributed by atoms with Crippen LogP contribution in [-0.2, 0) is 10.0 Å². The fourth-order valence-electron chi connectivity index (χ4n) is 2.23. The summed E-state index contributed by atoms with van der Waals surface area (Å²) < 4.78 is 51.0. The number of aromatic nitrogens is 1. The van der Waals surface area contributed by atoms with Gasteiger partial charge >= 0.3 is 0 Å². The van der Waals surface area contributed by atoms with Crippen LogP contribution in [0.15, 0.2) is 5.38 Å². The Morgan fingerprint density at radius 3 is 2.40 bits per heavy atom. The van der Waals surface area contributed by atoms with Gasteiger partial charge in [-0.3, -0.25) is 0 Å². The fraction of sp³-hybridized carbons (Fsp3) is 0.700. The smallest absolute Gasteiger partial charge is 0.267 e. The van der Waals surface area contributed by atoms with Gasteiger partial charge in [0.15, 0.2) is 5.13 Å². The highest BCUT2D eigenvalue weighted by Gasteiger charge is 2.65. The van der Waals surface area contributed by atoms with Crippen molar-refractivity contribution >= 4 is 26.5 Å². The summed E-state index contributed by atoms with van der Waals surface area (Å²) in [4.78, 5) is 5.74. The molecule has 1 atom stereocenters. The van der Waals surface area contributed by atoms with Crippen molar-refractivity contribution in [2.24, 2.45) is 0 Å². The van der Waals surface area contributed by atoms with E-state index in [1.807, 2.05) is 4.90 Å². The van der Waals surface area contributed by atoms with E-state index >= 15 is 0 Å². The lowest BCUT2D eigenvalue weighted by Gasteiger charge is -2.33. The Hall–Kier alpha value is -1.00. The topological polar surface area (TPSA) is 73.7 Å². The van der Waals surface area contributed by atoms with Gasteiger partial charge in [-0.15, -0.1) is 11.3 Å². The number of aromatic hydroxyl groups is 1. The molecule has 1 aliphatic carbocycles. The van der Waals surface area contributed by atoms with Crippen LogP contribution in [0.2, 0.25) is 0 Å². The Bertz CT molecular complexity index is 611. The van der Waals surface area contributed by atoms with Gasteiger partial charge in [0.05, 0.1) is 5.38 Å². The summed E-state index contributed by atoms with van der Waals surface area (Å²) in [7, 11) is -3.91. The van der Waals surface area contributed by atoms with Crippen LogP contribution in [0.3, 0.4) is 0 Å². The number of piperazine rings is 1. The Kier molecular flexibility index (Phi) is 3.14. The van der Waals surface area contributed by atoms with Gasteiger partial charge in [0.2, 0.25) is 15.9 Å². The van der Waals surface area contributed by atoms with Crippen LogP contribution < -0.4 is 4.90 Å². The van der Waals surface area contributed by atoms with Crippen molar-refractivity contribution in [2.75, 3.05) is 31.1 Å². The van der Waals surface area contributed by atoms with E-state index in [4.69, 9.17) is 0 Å². The van der Waals surface area contributed by atoms with E-state index < -0.39 is 27.6 Å². The highest BCUT2D eigenvalue weighted by Crippen LogP contribution is 2.48. The van der Waals surface area contributed by atoms with Gasteiger partial charge < -0.3 is 10.0 Å². The molecule has 2 heterocycles. The Morgan fingerprint density at radius 1 is 1.35 bits per heavy atom. The van der Waals surface area contributed by atoms with E-state index in [1.54, 1.807) is 0 Å². The third-order valence-electron chi connectivity index (χ3n) is 3.48. The number of thiazole rings is 1. The Morgan fingerprint density at radius 2 is 1.95 bits per heavy atom. The Balaban J connectivity index is 1.64. The van der Waals surface area contributed by atoms with Gasteiger partial charge in [0, 0.05) is 32.6 Å². The average molecular weight is 325 g/mol. The van der Waals surface area contributed by atoms with Crippen LogP contribution in [0, 0.1) is 0 Å². The van der Waals surface area contributed by atoms with E-state index in [0.717, 1.165) is 4.31 Å². The molecule has 10 heteroatoms. The van der Waals surface area contributed by atoms with Crippen molar-refractivity contribution < 1.29 is 22.3 Å². The predicted molar refractivity (Wildman–Crippen MR) is 69.8 cm³/mol. The third kappa shape index (κ3) is 2.35. The SMILES string of the molecule is O=S(=O)(C1CC1(F)F)N1CCN(c2nc(O)cs2)CC1. The lowest BCUT2D eigenvalue weighted by Crippen LogP contribution is -2.50. The minimum atomic E-state index is -3.91. The van der Waals surface area contributed by atoms with E-state index in [-0.39, 0.29) is 19.0 Å². The minimum absolute atomic E-state index is 0.0716. The van der Waals surface area contributed by atoms with Crippen molar-refractivity contribution in [3.63, 3.8) is 0 Å². The molecular formula is C10H13F2N3O3S2. The van der Waals surface area contributed by atoms with Crippen molar-refractivity contribution in [3.8, 4) is 5.88 Å². The van der Waals surface area contributed by atoms with Crippen molar-refractivity contribution in [2.45, 2.75) is 17.6 Å². The van der Waals surface area contributed by atoms with Gasteiger partial charge in [0.25, 0.3) is 5.92 Å². The normalized spacial score (nSPS) is 26.7. The summed E-state index contributed by atoms with van der Waals surface area (Å²) in [5.74, 6) is -3.14. The van der Waals surface area contributed by atoms with Crippen LogP contribution >= 0.6 is 11.3 Å². The van der Waals surface area contributed by atoms with Gasteiger partial charge in [-0.25, -0.2) is 17.2 Å². The summed E-state index contributed by atoms with van der Waals surface area (Å²) in [6.45, 7) is 1.08. The van der Waals surface area contributed by atoms with Crippen molar-refractivity contribution in [1.29, 1.82) is 0 Å². The second kappa shape index (κ2) is 4.50. The zero-order valence-corrected chi connectivity index (χ0v) is 12.0. The second-order valence-corrected chi connectivity index (χ2v) is 7.83. The molecule has 1 aromatic heterocycles. The number of nitrogens with zero attached hydrogens (tertiary/aromatic N) is 3. The molecule has 1 aliphatic heterocycles. The van der Waals surface area contributed by atoms with Gasteiger partial charge in [-0.1, -0.05) is 0 Å². The summed E-state index contributed by atoms with van der Waals surface area (Å²) in [5.41, 5.74) is 0. The molecule has 1 aromatic rings. The lowest BCUT2D eigenvalue weighted by atomic mass is 10.4. The molecule has 1 unspecified atom stereocenters. The fourth-order valence-corrected chi connectivity index (χ4v) is 4.87. The van der Waals surface area contributed by atoms with Gasteiger partial charge in [0.1, 0.15) is 5.25 Å². The molecule has 0 radical (unpaired) electrons. The number of hydrogen-bond donors (Lipinski definition) is 1. The number of rotatable bonds is 3. The summed E-state index contributed by atoms with van der Waals surface area (Å²) >= 11 is 1.26. The maximum atomic E-state index is 12.9. The molecule has 3 rings (SSSR count). The van der Waals surface area contributed by atoms with Crippen LogP contribution in [0.4, 0.5) is 13.9 Å². The Labute approximate surface area is 118 Å². The molecular weight excluding hydrogens is 312 g/mol. The quantitative estimate of drug-likeness (QED) is 0.886. The molecule has 1 N–H and O–H groups in total. The first-order chi connectivity index (χ1) is 9.30. The number of anilines is 1. The molecule has 0 aromatic carbocycles. The summed E-state index contributed by atoms with van der Waals surface area (Å²) in [6.07, 6.45) is -0.574. The van der Waals surface area contributed by atoms with Crippen LogP contribution in [-0.4, -0.2) is 60.2 Å². The van der Waals surface area contributed by atoms with Gasteiger partial charge in [-0.2, -0.15) is 9.29 Å². The summed E-state index contributed by atoms with van der Waals surface area (Å²) in [5, 5.41) is 9.73. The largest absolute Gasteiger partial charge is 0.493 e. The van der Waals surface area contributed by atoms with E-state index in [9.17, 15) is 22.3 Å². The monoisotopic (exact) mass is 325 g/mol. The first-order valence-corrected chi connectivity index (χ1v) is 8.45. The zero-order valence-electron chi connectivity index (χ0n) is 10.4. The van der Waals surface area contributed by atoms with E-state index in [2.05, 4.69) is 4.98 Å². The average Bonchev–Trinajstić information content (AvgIpc) is 2.83. The first-order valence-electron chi connectivity index (χ1n) is 6.07. The molecule has 20 heavy (non-hydrogen) atoms. The number of halogens is 2. The second-order valence-electron chi connectivity index (χ2n) is 4.87. The molecule has 0 spiro atoms. The third-order valence-corrected chi connectivity index (χ3v) is 6.68. The molecule has 0 amide bonds. The van der Waals surface area contributed by atoms with Crippen LogP contribution in [0.25, 0.3) is 0 Å². The van der Waals surface area contributed by atoms with E-state index in [0.29, 0.717) is 18.2 Å². The predicted octanol–water partition coefficient (Wildman–Crippen LogP) is 0.708. The number of hydrogen-bond acceptors (Lipinski definition) is 6. The van der Waals surface area contributed by atoms with Crippen LogP contribution in [0.1, 0.15) is 6.42 Å². The standard InChI is InChI=1S/C10H13F2N3O3S2/c11-10(12)5-7(10)20(17,18)15-3-1-14(2-4-15)9-13-8(16)6-19-9/h6-7,16H,1-5H2. The molecule has 6 nitrogen and oxygen atoms in total. The molecule has 2 fully saturated rings. The highest BCUT2D eigenvalue weighted by molar-refractivity contribution is 7.90. The lowest BCUT2D eigenvalue weighted by molar-refractivity contribution is 0.120. The first kappa shape index (κ1) is 14.0. The highest BCUT2D eigenvalue weighted by atomic mass is 32.2. The van der Waals surface area contributed by atoms with Gasteiger partial charge in [-0.05, 0) is 0 Å². The number of sulfonamides is 1. The number of alkyl halides is 2. The summed E-state index contributed by atoms with van der Waals surface area (Å²) in [6, 6.07) is 0.